The van der Waals surface area contributed by atoms with Gasteiger partial charge in [0.1, 0.15) is 11.5 Å². The minimum atomic E-state index is 0.897. The van der Waals surface area contributed by atoms with Gasteiger partial charge in [0, 0.05) is 12.0 Å². The van der Waals surface area contributed by atoms with Gasteiger partial charge in [-0.05, 0) is 19.6 Å². The normalized spacial score (nSPS) is 11.2. The first-order valence-electron chi connectivity index (χ1n) is 7.10. The topological polar surface area (TPSA) is 43.1 Å². The molecule has 4 nitrogen and oxygen atoms in total. The van der Waals surface area contributed by atoms with Crippen LogP contribution in [0.5, 0.6) is 0 Å². The minimum Gasteiger partial charge on any atom is -0.271 e. The lowest BCUT2D eigenvalue weighted by Gasteiger charge is -2.08. The van der Waals surface area contributed by atoms with Gasteiger partial charge in [0.25, 0.3) is 0 Å². The molecular weight excluding hydrogens is 280 g/mol. The van der Waals surface area contributed by atoms with Gasteiger partial charge in [0.2, 0.25) is 0 Å². The summed E-state index contributed by atoms with van der Waals surface area (Å²) in [5, 5.41) is 9.74. The predicted molar refractivity (Wildman–Crippen MR) is 86.7 cm³/mol. The highest BCUT2D eigenvalue weighted by molar-refractivity contribution is 7.98. The number of benzene rings is 1. The predicted octanol–water partition coefficient (Wildman–Crippen LogP) is 3.77. The molecule has 2 aromatic heterocycles. The number of imidazole rings is 1. The number of nitrogens with zero attached hydrogens (tertiary/aromatic N) is 4. The Morgan fingerprint density at radius 3 is 2.57 bits per heavy atom. The molecule has 5 heteroatoms. The highest BCUT2D eigenvalue weighted by atomic mass is 32.2. The largest absolute Gasteiger partial charge is 0.271 e. The summed E-state index contributed by atoms with van der Waals surface area (Å²) >= 11 is 1.60. The summed E-state index contributed by atoms with van der Waals surface area (Å²) in [7, 11) is 0. The fraction of sp³-hybridized carbons (Fsp3) is 0.312. The zero-order chi connectivity index (χ0) is 14.8. The molecule has 0 radical (unpaired) electrons. The van der Waals surface area contributed by atoms with Gasteiger partial charge in [0.05, 0.1) is 11.2 Å². The number of aromatic nitrogens is 4. The fourth-order valence-electron chi connectivity index (χ4n) is 2.57. The molecular formula is C16H18N4S. The average molecular weight is 298 g/mol. The third kappa shape index (κ3) is 2.42. The lowest BCUT2D eigenvalue weighted by atomic mass is 10.1. The van der Waals surface area contributed by atoms with Crippen LogP contribution in [0.1, 0.15) is 24.9 Å². The van der Waals surface area contributed by atoms with Crippen LogP contribution in [0.4, 0.5) is 0 Å². The van der Waals surface area contributed by atoms with Crippen molar-refractivity contribution in [2.24, 2.45) is 0 Å². The van der Waals surface area contributed by atoms with E-state index in [0.717, 1.165) is 46.3 Å². The van der Waals surface area contributed by atoms with Crippen molar-refractivity contribution in [3.63, 3.8) is 0 Å². The molecule has 108 valence electrons. The summed E-state index contributed by atoms with van der Waals surface area (Å²) in [5.41, 5.74) is 4.07. The van der Waals surface area contributed by atoms with Gasteiger partial charge < -0.3 is 0 Å². The minimum absolute atomic E-state index is 0.897. The molecule has 1 aromatic carbocycles. The molecule has 0 aliphatic heterocycles. The quantitative estimate of drug-likeness (QED) is 0.688. The van der Waals surface area contributed by atoms with Gasteiger partial charge in [-0.25, -0.2) is 4.98 Å². The van der Waals surface area contributed by atoms with Crippen molar-refractivity contribution >= 4 is 17.3 Å². The third-order valence-electron chi connectivity index (χ3n) is 3.48. The van der Waals surface area contributed by atoms with Crippen LogP contribution in [0.15, 0.2) is 35.5 Å². The van der Waals surface area contributed by atoms with Crippen LogP contribution < -0.4 is 0 Å². The van der Waals surface area contributed by atoms with E-state index in [0.29, 0.717) is 0 Å². The van der Waals surface area contributed by atoms with Crippen LogP contribution in [0.2, 0.25) is 0 Å². The SMILES string of the molecule is CCCc1nc(C)c2c(-c3ccccc3)nnc(SC)n12. The molecule has 0 saturated carbocycles. The molecule has 0 spiro atoms. The highest BCUT2D eigenvalue weighted by Crippen LogP contribution is 2.28. The second kappa shape index (κ2) is 5.85. The van der Waals surface area contributed by atoms with Crippen LogP contribution in [0, 0.1) is 6.92 Å². The van der Waals surface area contributed by atoms with Gasteiger partial charge in [-0.1, -0.05) is 49.0 Å². The zero-order valence-corrected chi connectivity index (χ0v) is 13.3. The van der Waals surface area contributed by atoms with Crippen LogP contribution in [0.3, 0.4) is 0 Å². The van der Waals surface area contributed by atoms with Crippen molar-refractivity contribution in [2.45, 2.75) is 31.8 Å². The molecule has 0 N–H and O–H groups in total. The van der Waals surface area contributed by atoms with E-state index < -0.39 is 0 Å². The Balaban J connectivity index is 2.33. The number of rotatable bonds is 4. The van der Waals surface area contributed by atoms with E-state index in [1.807, 2.05) is 31.4 Å². The zero-order valence-electron chi connectivity index (χ0n) is 12.5. The Morgan fingerprint density at radius 2 is 1.90 bits per heavy atom. The third-order valence-corrected chi connectivity index (χ3v) is 4.11. The Kier molecular flexibility index (Phi) is 3.92. The summed E-state index contributed by atoms with van der Waals surface area (Å²) in [6.07, 6.45) is 4.04. The van der Waals surface area contributed by atoms with Crippen molar-refractivity contribution in [3.8, 4) is 11.3 Å². The van der Waals surface area contributed by atoms with E-state index >= 15 is 0 Å². The van der Waals surface area contributed by atoms with Gasteiger partial charge in [-0.2, -0.15) is 0 Å². The lowest BCUT2D eigenvalue weighted by Crippen LogP contribution is -2.03. The van der Waals surface area contributed by atoms with Gasteiger partial charge in [-0.3, -0.25) is 4.40 Å². The van der Waals surface area contributed by atoms with Crippen LogP contribution in [-0.4, -0.2) is 25.8 Å². The summed E-state index contributed by atoms with van der Waals surface area (Å²) in [5.74, 6) is 1.07. The van der Waals surface area contributed by atoms with E-state index in [4.69, 9.17) is 4.98 Å². The first-order chi connectivity index (χ1) is 10.3. The Bertz CT molecular complexity index is 765. The average Bonchev–Trinajstić information content (AvgIpc) is 2.85. The molecule has 0 bridgehead atoms. The summed E-state index contributed by atoms with van der Waals surface area (Å²) in [6.45, 7) is 4.22. The lowest BCUT2D eigenvalue weighted by molar-refractivity contribution is 0.743. The summed E-state index contributed by atoms with van der Waals surface area (Å²) in [6, 6.07) is 10.2. The molecule has 2 heterocycles. The Labute approximate surface area is 128 Å². The van der Waals surface area contributed by atoms with Gasteiger partial charge in [0.15, 0.2) is 5.16 Å². The molecule has 0 saturated heterocycles. The first kappa shape index (κ1) is 14.1. The monoisotopic (exact) mass is 298 g/mol. The molecule has 3 rings (SSSR count). The Hall–Kier alpha value is -1.88. The van der Waals surface area contributed by atoms with E-state index in [9.17, 15) is 0 Å². The fourth-order valence-corrected chi connectivity index (χ4v) is 3.07. The Morgan fingerprint density at radius 1 is 1.14 bits per heavy atom. The highest BCUT2D eigenvalue weighted by Gasteiger charge is 2.17. The van der Waals surface area contributed by atoms with Crippen LogP contribution in [0.25, 0.3) is 16.8 Å². The van der Waals surface area contributed by atoms with Crippen molar-refractivity contribution in [1.82, 2.24) is 19.6 Å². The maximum atomic E-state index is 4.74. The van der Waals surface area contributed by atoms with Crippen molar-refractivity contribution in [2.75, 3.05) is 6.26 Å². The van der Waals surface area contributed by atoms with Crippen molar-refractivity contribution < 1.29 is 0 Å². The summed E-state index contributed by atoms with van der Waals surface area (Å²) < 4.78 is 2.17. The second-order valence-electron chi connectivity index (χ2n) is 4.95. The van der Waals surface area contributed by atoms with Gasteiger partial charge in [-0.15, -0.1) is 10.2 Å². The molecule has 0 aliphatic rings. The molecule has 0 amide bonds. The molecule has 0 atom stereocenters. The van der Waals surface area contributed by atoms with Crippen LogP contribution >= 0.6 is 11.8 Å². The molecule has 0 unspecified atom stereocenters. The van der Waals surface area contributed by atoms with Gasteiger partial charge >= 0.3 is 0 Å². The van der Waals surface area contributed by atoms with E-state index in [1.165, 1.54) is 0 Å². The first-order valence-corrected chi connectivity index (χ1v) is 8.32. The standard InChI is InChI=1S/C16H18N4S/c1-4-8-13-17-11(2)15-14(12-9-6-5-7-10-12)18-19-16(21-3)20(13)15/h5-7,9-10H,4,8H2,1-3H3. The smallest absolute Gasteiger partial charge is 0.195 e. The molecule has 0 aliphatic carbocycles. The van der Waals surface area contributed by atoms with E-state index in [2.05, 4.69) is 33.7 Å². The number of aryl methyl sites for hydroxylation is 2. The number of thioether (sulfide) groups is 1. The van der Waals surface area contributed by atoms with Crippen LogP contribution in [-0.2, 0) is 6.42 Å². The molecule has 21 heavy (non-hydrogen) atoms. The second-order valence-corrected chi connectivity index (χ2v) is 5.72. The number of fused-ring (bicyclic) bond motifs is 1. The van der Waals surface area contributed by atoms with Crippen molar-refractivity contribution in [3.05, 3.63) is 41.9 Å². The number of hydrogen-bond donors (Lipinski definition) is 0. The molecule has 0 fully saturated rings. The van der Waals surface area contributed by atoms with Crippen molar-refractivity contribution in [1.29, 1.82) is 0 Å². The number of hydrogen-bond acceptors (Lipinski definition) is 4. The van der Waals surface area contributed by atoms with E-state index in [1.54, 1.807) is 11.8 Å². The van der Waals surface area contributed by atoms with E-state index in [-0.39, 0.29) is 0 Å². The molecule has 3 aromatic rings. The maximum absolute atomic E-state index is 4.74. The summed E-state index contributed by atoms with van der Waals surface area (Å²) in [4.78, 5) is 4.74. The maximum Gasteiger partial charge on any atom is 0.195 e.